The Labute approximate surface area is 75.0 Å². The monoisotopic (exact) mass is 182 g/mol. The molecule has 1 rings (SSSR count). The van der Waals surface area contributed by atoms with Crippen molar-refractivity contribution >= 4 is 5.97 Å². The van der Waals surface area contributed by atoms with Crippen molar-refractivity contribution < 1.29 is 14.6 Å². The Morgan fingerprint density at radius 1 is 1.62 bits per heavy atom. The van der Waals surface area contributed by atoms with E-state index in [0.717, 1.165) is 5.56 Å². The van der Waals surface area contributed by atoms with E-state index in [1.165, 1.54) is 12.4 Å². The third-order valence-corrected chi connectivity index (χ3v) is 1.64. The summed E-state index contributed by atoms with van der Waals surface area (Å²) < 4.78 is 0.635. The lowest BCUT2D eigenvalue weighted by Gasteiger charge is -2.05. The van der Waals surface area contributed by atoms with Gasteiger partial charge in [0.15, 0.2) is 12.4 Å². The van der Waals surface area contributed by atoms with E-state index in [4.69, 9.17) is 10.8 Å². The second kappa shape index (κ2) is 3.86. The molecule has 0 amide bonds. The van der Waals surface area contributed by atoms with Gasteiger partial charge in [-0.25, -0.2) is 0 Å². The number of carboxylic acids is 1. The van der Waals surface area contributed by atoms with Crippen LogP contribution in [0.2, 0.25) is 0 Å². The Kier molecular flexibility index (Phi) is 2.81. The van der Waals surface area contributed by atoms with Crippen LogP contribution in [0.3, 0.4) is 0 Å². The first-order valence-corrected chi connectivity index (χ1v) is 3.75. The maximum absolute atomic E-state index is 10.6. The number of pyridine rings is 1. The maximum atomic E-state index is 10.6. The first kappa shape index (κ1) is 9.47. The Morgan fingerprint density at radius 3 is 2.62 bits per heavy atom. The number of hydrogen-bond donors (Lipinski definition) is 2. The number of carboxylic acid groups (broad SMARTS) is 1. The summed E-state index contributed by atoms with van der Waals surface area (Å²) >= 11 is 0. The molecule has 0 aliphatic carbocycles. The van der Waals surface area contributed by atoms with Gasteiger partial charge in [-0.2, -0.15) is 4.73 Å². The zero-order chi connectivity index (χ0) is 9.84. The van der Waals surface area contributed by atoms with Gasteiger partial charge in [-0.15, -0.1) is 0 Å². The maximum Gasteiger partial charge on any atom is 0.320 e. The molecule has 0 saturated carbocycles. The van der Waals surface area contributed by atoms with Crippen LogP contribution in [0, 0.1) is 5.21 Å². The Morgan fingerprint density at radius 2 is 2.15 bits per heavy atom. The normalized spacial score (nSPS) is 12.4. The molecule has 0 aliphatic heterocycles. The minimum atomic E-state index is -1.04. The summed E-state index contributed by atoms with van der Waals surface area (Å²) in [6.07, 6.45) is 2.85. The summed E-state index contributed by atoms with van der Waals surface area (Å²) in [5, 5.41) is 19.1. The molecule has 5 heteroatoms. The largest absolute Gasteiger partial charge is 0.619 e. The molecule has 0 saturated heterocycles. The first-order valence-electron chi connectivity index (χ1n) is 3.75. The average Bonchev–Trinajstić information content (AvgIpc) is 2.08. The molecule has 0 spiro atoms. The highest BCUT2D eigenvalue weighted by molar-refractivity contribution is 5.73. The number of nitrogens with two attached hydrogens (primary N) is 1. The summed E-state index contributed by atoms with van der Waals surface area (Å²) in [5.41, 5.74) is 6.04. The summed E-state index contributed by atoms with van der Waals surface area (Å²) in [5.74, 6) is -1.04. The van der Waals surface area contributed by atoms with Gasteiger partial charge >= 0.3 is 5.97 Å². The number of aromatic nitrogens is 1. The van der Waals surface area contributed by atoms with Crippen LogP contribution in [0.4, 0.5) is 0 Å². The molecular weight excluding hydrogens is 172 g/mol. The van der Waals surface area contributed by atoms with Crippen LogP contribution in [0.1, 0.15) is 5.56 Å². The molecule has 13 heavy (non-hydrogen) atoms. The van der Waals surface area contributed by atoms with Gasteiger partial charge in [0.25, 0.3) is 0 Å². The molecule has 0 radical (unpaired) electrons. The topological polar surface area (TPSA) is 90.3 Å². The molecule has 0 fully saturated rings. The highest BCUT2D eigenvalue weighted by Crippen LogP contribution is 1.99. The van der Waals surface area contributed by atoms with Crippen LogP contribution >= 0.6 is 0 Å². The van der Waals surface area contributed by atoms with Crippen molar-refractivity contribution in [2.45, 2.75) is 12.5 Å². The molecular formula is C8H10N2O3. The van der Waals surface area contributed by atoms with E-state index in [9.17, 15) is 10.0 Å². The van der Waals surface area contributed by atoms with E-state index >= 15 is 0 Å². The minimum Gasteiger partial charge on any atom is -0.619 e. The lowest BCUT2D eigenvalue weighted by molar-refractivity contribution is -0.605. The smallest absolute Gasteiger partial charge is 0.320 e. The van der Waals surface area contributed by atoms with Crippen LogP contribution in [0.25, 0.3) is 0 Å². The number of rotatable bonds is 3. The van der Waals surface area contributed by atoms with Gasteiger partial charge in [0.05, 0.1) is 0 Å². The lowest BCUT2D eigenvalue weighted by atomic mass is 10.1. The third-order valence-electron chi connectivity index (χ3n) is 1.64. The fourth-order valence-electron chi connectivity index (χ4n) is 0.921. The molecule has 0 bridgehead atoms. The van der Waals surface area contributed by atoms with E-state index in [0.29, 0.717) is 4.73 Å². The van der Waals surface area contributed by atoms with E-state index in [-0.39, 0.29) is 6.42 Å². The summed E-state index contributed by atoms with van der Waals surface area (Å²) in [6.45, 7) is 0. The van der Waals surface area contributed by atoms with Crippen LogP contribution < -0.4 is 10.5 Å². The second-order valence-corrected chi connectivity index (χ2v) is 2.72. The summed E-state index contributed by atoms with van der Waals surface area (Å²) in [4.78, 5) is 10.4. The number of aliphatic carboxylic acids is 1. The van der Waals surface area contributed by atoms with Gasteiger partial charge in [-0.1, -0.05) is 0 Å². The second-order valence-electron chi connectivity index (χ2n) is 2.72. The SMILES string of the molecule is NC(Cc1cc[n+]([O-])cc1)C(=O)O. The van der Waals surface area contributed by atoms with Gasteiger partial charge < -0.3 is 16.0 Å². The van der Waals surface area contributed by atoms with Crippen molar-refractivity contribution in [3.8, 4) is 0 Å². The predicted molar refractivity (Wildman–Crippen MR) is 44.7 cm³/mol. The third kappa shape index (κ3) is 2.72. The van der Waals surface area contributed by atoms with E-state index < -0.39 is 12.0 Å². The first-order chi connectivity index (χ1) is 6.09. The molecule has 1 aromatic rings. The van der Waals surface area contributed by atoms with Gasteiger partial charge in [-0.3, -0.25) is 4.79 Å². The number of hydrogen-bond acceptors (Lipinski definition) is 3. The predicted octanol–water partition coefficient (Wildman–Crippen LogP) is -0.726. The van der Waals surface area contributed by atoms with Crippen LogP contribution in [-0.2, 0) is 11.2 Å². The van der Waals surface area contributed by atoms with Crippen LogP contribution in [0.5, 0.6) is 0 Å². The number of nitrogens with zero attached hydrogens (tertiary/aromatic N) is 1. The van der Waals surface area contributed by atoms with E-state index in [1.807, 2.05) is 0 Å². The van der Waals surface area contributed by atoms with Crippen molar-refractivity contribution in [1.29, 1.82) is 0 Å². The summed E-state index contributed by atoms with van der Waals surface area (Å²) in [6, 6.07) is 2.19. The quantitative estimate of drug-likeness (QED) is 0.476. The standard InChI is InChI=1S/C8H10N2O3/c9-7(8(11)12)5-6-1-3-10(13)4-2-6/h1-4,7H,5,9H2,(H,11,12). The highest BCUT2D eigenvalue weighted by Gasteiger charge is 2.11. The molecule has 5 nitrogen and oxygen atoms in total. The van der Waals surface area contributed by atoms with Gasteiger partial charge in [-0.05, 0) is 12.0 Å². The fraction of sp³-hybridized carbons (Fsp3) is 0.250. The fourth-order valence-corrected chi connectivity index (χ4v) is 0.921. The molecule has 1 aromatic heterocycles. The lowest BCUT2D eigenvalue weighted by Crippen LogP contribution is -2.32. The molecule has 1 atom stereocenters. The molecule has 1 unspecified atom stereocenters. The molecule has 0 aliphatic rings. The van der Waals surface area contributed by atoms with E-state index in [2.05, 4.69) is 0 Å². The highest BCUT2D eigenvalue weighted by atomic mass is 16.5. The van der Waals surface area contributed by atoms with Crippen molar-refractivity contribution in [2.75, 3.05) is 0 Å². The zero-order valence-electron chi connectivity index (χ0n) is 6.88. The molecule has 70 valence electrons. The van der Waals surface area contributed by atoms with E-state index in [1.54, 1.807) is 12.1 Å². The Bertz CT molecular complexity index is 297. The van der Waals surface area contributed by atoms with Crippen molar-refractivity contribution in [2.24, 2.45) is 5.73 Å². The molecule has 1 heterocycles. The van der Waals surface area contributed by atoms with Gasteiger partial charge in [0.2, 0.25) is 0 Å². The average molecular weight is 182 g/mol. The zero-order valence-corrected chi connectivity index (χ0v) is 6.88. The molecule has 3 N–H and O–H groups in total. The van der Waals surface area contributed by atoms with Crippen LogP contribution in [-0.4, -0.2) is 17.1 Å². The minimum absolute atomic E-state index is 0.232. The van der Waals surface area contributed by atoms with Crippen LogP contribution in [0.15, 0.2) is 24.5 Å². The Hall–Kier alpha value is -1.62. The summed E-state index contributed by atoms with van der Waals surface area (Å²) in [7, 11) is 0. The van der Waals surface area contributed by atoms with Crippen molar-refractivity contribution in [1.82, 2.24) is 0 Å². The van der Waals surface area contributed by atoms with Gasteiger partial charge in [0, 0.05) is 12.1 Å². The van der Waals surface area contributed by atoms with Gasteiger partial charge in [0.1, 0.15) is 6.04 Å². The van der Waals surface area contributed by atoms with Crippen molar-refractivity contribution in [3.05, 3.63) is 35.3 Å². The number of carbonyl (C=O) groups is 1. The van der Waals surface area contributed by atoms with Crippen molar-refractivity contribution in [3.63, 3.8) is 0 Å². The Balaban J connectivity index is 2.64. The molecule has 0 aromatic carbocycles.